The molecule has 144 valence electrons. The fraction of sp³-hybridized carbons (Fsp3) is 0.263. The number of para-hydroxylation sites is 1. The first kappa shape index (κ1) is 22.0. The maximum absolute atomic E-state index is 13.2. The summed E-state index contributed by atoms with van der Waals surface area (Å²) in [6.45, 7) is 1.28. The molecule has 0 bridgehead atoms. The van der Waals surface area contributed by atoms with Crippen molar-refractivity contribution in [3.8, 4) is 0 Å². The van der Waals surface area contributed by atoms with E-state index in [0.29, 0.717) is 22.3 Å². The number of carbonyl (C=O) groups is 1. The van der Waals surface area contributed by atoms with Crippen molar-refractivity contribution in [1.29, 1.82) is 0 Å². The van der Waals surface area contributed by atoms with Gasteiger partial charge in [0.15, 0.2) is 5.13 Å². The van der Waals surface area contributed by atoms with Crippen molar-refractivity contribution >= 4 is 68.4 Å². The van der Waals surface area contributed by atoms with Crippen molar-refractivity contribution in [2.75, 3.05) is 38.3 Å². The number of amides is 1. The molecule has 0 aliphatic heterocycles. The van der Waals surface area contributed by atoms with E-state index in [1.807, 2.05) is 49.5 Å². The number of rotatable bonds is 6. The molecule has 0 saturated carbocycles. The Labute approximate surface area is 178 Å². The molecule has 27 heavy (non-hydrogen) atoms. The molecule has 4 nitrogen and oxygen atoms in total. The lowest BCUT2D eigenvalue weighted by molar-refractivity contribution is 0.0985. The van der Waals surface area contributed by atoms with Gasteiger partial charge in [0.2, 0.25) is 0 Å². The Morgan fingerprint density at radius 1 is 1.15 bits per heavy atom. The summed E-state index contributed by atoms with van der Waals surface area (Å²) in [6, 6.07) is 13.3. The van der Waals surface area contributed by atoms with Gasteiger partial charge < -0.3 is 4.90 Å². The fourth-order valence-corrected chi connectivity index (χ4v) is 4.42. The summed E-state index contributed by atoms with van der Waals surface area (Å²) in [5.41, 5.74) is 1.44. The predicted molar refractivity (Wildman–Crippen MR) is 120 cm³/mol. The number of hydrogen-bond donors (Lipinski definition) is 0. The molecular formula is C19H21Cl2N3OS2. The van der Waals surface area contributed by atoms with Crippen LogP contribution in [0.3, 0.4) is 0 Å². The van der Waals surface area contributed by atoms with Crippen LogP contribution in [0.1, 0.15) is 10.4 Å². The third kappa shape index (κ3) is 4.95. The molecule has 0 N–H and O–H groups in total. The number of carbonyl (C=O) groups excluding carboxylic acids is 1. The quantitative estimate of drug-likeness (QED) is 0.486. The number of hydrogen-bond acceptors (Lipinski definition) is 5. The average Bonchev–Trinajstić information content (AvgIpc) is 3.05. The first-order valence-corrected chi connectivity index (χ1v) is 10.6. The second-order valence-electron chi connectivity index (χ2n) is 6.04. The Balaban J connectivity index is 0.00000261. The number of thioether (sulfide) groups is 1. The zero-order chi connectivity index (χ0) is 18.7. The highest BCUT2D eigenvalue weighted by Gasteiger charge is 2.23. The maximum Gasteiger partial charge on any atom is 0.261 e. The smallest absolute Gasteiger partial charge is 0.261 e. The highest BCUT2D eigenvalue weighted by atomic mass is 35.5. The van der Waals surface area contributed by atoms with Crippen LogP contribution in [0.5, 0.6) is 0 Å². The minimum absolute atomic E-state index is 0. The number of nitrogens with zero attached hydrogens (tertiary/aromatic N) is 3. The van der Waals surface area contributed by atoms with E-state index < -0.39 is 0 Å². The standard InChI is InChI=1S/C19H20ClN3OS2.ClH/c1-22(2)11-12-23(18(24)13-7-4-5-8-14(13)20)19-21-17-15(25-3)9-6-10-16(17)26-19;/h4-10H,11-12H2,1-3H3;1H. The predicted octanol–water partition coefficient (Wildman–Crippen LogP) is 5.30. The molecule has 1 heterocycles. The van der Waals surface area contributed by atoms with Gasteiger partial charge in [0.25, 0.3) is 5.91 Å². The minimum atomic E-state index is -0.123. The molecule has 3 aromatic rings. The van der Waals surface area contributed by atoms with E-state index >= 15 is 0 Å². The Hall–Kier alpha value is -1.31. The summed E-state index contributed by atoms with van der Waals surface area (Å²) < 4.78 is 1.08. The lowest BCUT2D eigenvalue weighted by Crippen LogP contribution is -2.36. The number of aromatic nitrogens is 1. The zero-order valence-electron chi connectivity index (χ0n) is 15.3. The van der Waals surface area contributed by atoms with Gasteiger partial charge in [-0.2, -0.15) is 0 Å². The molecule has 1 aromatic heterocycles. The fourth-order valence-electron chi connectivity index (χ4n) is 2.56. The van der Waals surface area contributed by atoms with Crippen molar-refractivity contribution < 1.29 is 4.79 Å². The van der Waals surface area contributed by atoms with Crippen LogP contribution in [0.25, 0.3) is 10.2 Å². The van der Waals surface area contributed by atoms with Crippen LogP contribution in [0.2, 0.25) is 5.02 Å². The summed E-state index contributed by atoms with van der Waals surface area (Å²) in [5, 5.41) is 1.16. The van der Waals surface area contributed by atoms with E-state index in [1.54, 1.807) is 28.8 Å². The molecule has 3 rings (SSSR count). The summed E-state index contributed by atoms with van der Waals surface area (Å²) in [6.07, 6.45) is 2.03. The van der Waals surface area contributed by atoms with Gasteiger partial charge in [0.1, 0.15) is 0 Å². The Morgan fingerprint density at radius 2 is 1.89 bits per heavy atom. The van der Waals surface area contributed by atoms with Gasteiger partial charge in [-0.15, -0.1) is 24.2 Å². The van der Waals surface area contributed by atoms with Crippen LogP contribution in [-0.2, 0) is 0 Å². The third-order valence-electron chi connectivity index (χ3n) is 3.94. The minimum Gasteiger partial charge on any atom is -0.308 e. The largest absolute Gasteiger partial charge is 0.308 e. The van der Waals surface area contributed by atoms with Crippen molar-refractivity contribution in [2.24, 2.45) is 0 Å². The number of benzene rings is 2. The van der Waals surface area contributed by atoms with Crippen LogP contribution >= 0.6 is 47.1 Å². The van der Waals surface area contributed by atoms with Crippen molar-refractivity contribution in [1.82, 2.24) is 9.88 Å². The molecule has 1 amide bonds. The van der Waals surface area contributed by atoms with Gasteiger partial charge in [-0.25, -0.2) is 4.98 Å². The first-order chi connectivity index (χ1) is 12.5. The molecule has 0 radical (unpaired) electrons. The van der Waals surface area contributed by atoms with Crippen LogP contribution in [0, 0.1) is 0 Å². The first-order valence-electron chi connectivity index (χ1n) is 8.16. The van der Waals surface area contributed by atoms with E-state index in [9.17, 15) is 4.79 Å². The van der Waals surface area contributed by atoms with Gasteiger partial charge in [-0.05, 0) is 44.6 Å². The monoisotopic (exact) mass is 441 g/mol. The second kappa shape index (κ2) is 9.75. The SMILES string of the molecule is CSc1cccc2sc(N(CCN(C)C)C(=O)c3ccccc3Cl)nc12.Cl. The van der Waals surface area contributed by atoms with E-state index in [-0.39, 0.29) is 18.3 Å². The molecule has 0 spiro atoms. The molecule has 0 aliphatic rings. The summed E-state index contributed by atoms with van der Waals surface area (Å²) >= 11 is 9.46. The van der Waals surface area contributed by atoms with Gasteiger partial charge in [0.05, 0.1) is 20.8 Å². The zero-order valence-corrected chi connectivity index (χ0v) is 18.5. The van der Waals surface area contributed by atoms with Gasteiger partial charge in [0, 0.05) is 18.0 Å². The number of halogens is 2. The molecule has 8 heteroatoms. The van der Waals surface area contributed by atoms with Crippen molar-refractivity contribution in [2.45, 2.75) is 4.90 Å². The third-order valence-corrected chi connectivity index (χ3v) is 6.08. The molecule has 0 unspecified atom stereocenters. The van der Waals surface area contributed by atoms with E-state index in [1.165, 1.54) is 11.3 Å². The topological polar surface area (TPSA) is 36.4 Å². The van der Waals surface area contributed by atoms with Crippen LogP contribution in [-0.4, -0.2) is 49.2 Å². The Bertz CT molecular complexity index is 930. The lowest BCUT2D eigenvalue weighted by Gasteiger charge is -2.22. The van der Waals surface area contributed by atoms with Gasteiger partial charge in [-0.1, -0.05) is 41.1 Å². The molecule has 2 aromatic carbocycles. The van der Waals surface area contributed by atoms with E-state index in [4.69, 9.17) is 16.6 Å². The Kier molecular flexibility index (Phi) is 7.94. The summed E-state index contributed by atoms with van der Waals surface area (Å²) in [7, 11) is 3.98. The average molecular weight is 442 g/mol. The number of fused-ring (bicyclic) bond motifs is 1. The van der Waals surface area contributed by atoms with Crippen LogP contribution in [0.4, 0.5) is 5.13 Å². The van der Waals surface area contributed by atoms with E-state index in [2.05, 4.69) is 6.07 Å². The summed E-state index contributed by atoms with van der Waals surface area (Å²) in [5.74, 6) is -0.123. The van der Waals surface area contributed by atoms with E-state index in [0.717, 1.165) is 21.7 Å². The van der Waals surface area contributed by atoms with Crippen molar-refractivity contribution in [3.05, 3.63) is 53.1 Å². The highest BCUT2D eigenvalue weighted by Crippen LogP contribution is 2.35. The van der Waals surface area contributed by atoms with Gasteiger partial charge in [-0.3, -0.25) is 9.69 Å². The summed E-state index contributed by atoms with van der Waals surface area (Å²) in [4.78, 5) is 22.9. The van der Waals surface area contributed by atoms with Crippen molar-refractivity contribution in [3.63, 3.8) is 0 Å². The van der Waals surface area contributed by atoms with Gasteiger partial charge >= 0.3 is 0 Å². The Morgan fingerprint density at radius 3 is 2.56 bits per heavy atom. The van der Waals surface area contributed by atoms with Crippen LogP contribution in [0.15, 0.2) is 47.4 Å². The number of anilines is 1. The lowest BCUT2D eigenvalue weighted by atomic mass is 10.2. The molecule has 0 saturated heterocycles. The molecule has 0 aliphatic carbocycles. The highest BCUT2D eigenvalue weighted by molar-refractivity contribution is 7.98. The maximum atomic E-state index is 13.2. The van der Waals surface area contributed by atoms with Crippen LogP contribution < -0.4 is 4.90 Å². The molecule has 0 atom stereocenters. The normalized spacial score (nSPS) is 10.9. The number of thiazole rings is 1. The second-order valence-corrected chi connectivity index (χ2v) is 8.31. The number of likely N-dealkylation sites (N-methyl/N-ethyl adjacent to an activating group) is 1. The molecule has 0 fully saturated rings. The molecular weight excluding hydrogens is 421 g/mol.